The van der Waals surface area contributed by atoms with E-state index in [1.165, 1.54) is 12.1 Å². The van der Waals surface area contributed by atoms with Gasteiger partial charge in [0, 0.05) is 11.6 Å². The van der Waals surface area contributed by atoms with Crippen molar-refractivity contribution in [2.24, 2.45) is 11.7 Å². The van der Waals surface area contributed by atoms with Gasteiger partial charge < -0.3 is 21.3 Å². The summed E-state index contributed by atoms with van der Waals surface area (Å²) >= 11 is 4.92. The standard InChI is InChI=1S/C12H14N2O3S/c13-11(18)10(6-1-2-6)14-12(17)7-3-8(15)5-9(16)4-7/h3-6,10,15-16H,1-2H2,(H2,13,18)(H,14,17). The Bertz CT molecular complexity index is 480. The molecule has 0 bridgehead atoms. The van der Waals surface area contributed by atoms with Crippen molar-refractivity contribution < 1.29 is 15.0 Å². The summed E-state index contributed by atoms with van der Waals surface area (Å²) in [6, 6.07) is 3.39. The molecule has 0 aliphatic heterocycles. The van der Waals surface area contributed by atoms with Gasteiger partial charge in [-0.3, -0.25) is 4.79 Å². The van der Waals surface area contributed by atoms with Crippen molar-refractivity contribution in [2.45, 2.75) is 18.9 Å². The second kappa shape index (κ2) is 4.81. The average molecular weight is 266 g/mol. The minimum Gasteiger partial charge on any atom is -0.508 e. The van der Waals surface area contributed by atoms with Crippen LogP contribution in [0.15, 0.2) is 18.2 Å². The second-order valence-electron chi connectivity index (χ2n) is 4.43. The van der Waals surface area contributed by atoms with Gasteiger partial charge in [0.1, 0.15) is 11.5 Å². The lowest BCUT2D eigenvalue weighted by molar-refractivity contribution is 0.0943. The summed E-state index contributed by atoms with van der Waals surface area (Å²) in [5.41, 5.74) is 5.76. The van der Waals surface area contributed by atoms with Crippen LogP contribution in [-0.2, 0) is 0 Å². The number of rotatable bonds is 4. The van der Waals surface area contributed by atoms with Gasteiger partial charge in [0.15, 0.2) is 0 Å². The predicted octanol–water partition coefficient (Wildman–Crippen LogP) is 0.892. The molecule has 18 heavy (non-hydrogen) atoms. The fraction of sp³-hybridized carbons (Fsp3) is 0.333. The van der Waals surface area contributed by atoms with Gasteiger partial charge in [-0.1, -0.05) is 12.2 Å². The minimum absolute atomic E-state index is 0.168. The molecule has 1 atom stereocenters. The smallest absolute Gasteiger partial charge is 0.252 e. The third-order valence-electron chi connectivity index (χ3n) is 2.85. The van der Waals surface area contributed by atoms with Crippen molar-refractivity contribution in [2.75, 3.05) is 0 Å². The molecule has 5 nitrogen and oxygen atoms in total. The molecule has 0 spiro atoms. The molecule has 0 radical (unpaired) electrons. The fourth-order valence-corrected chi connectivity index (χ4v) is 2.05. The first-order chi connectivity index (χ1) is 8.47. The number of nitrogens with two attached hydrogens (primary N) is 1. The number of amides is 1. The van der Waals surface area contributed by atoms with E-state index in [9.17, 15) is 15.0 Å². The number of hydrogen-bond donors (Lipinski definition) is 4. The average Bonchev–Trinajstić information content (AvgIpc) is 3.07. The van der Waals surface area contributed by atoms with E-state index in [2.05, 4.69) is 5.32 Å². The summed E-state index contributed by atoms with van der Waals surface area (Å²) in [7, 11) is 0. The predicted molar refractivity (Wildman–Crippen MR) is 70.5 cm³/mol. The van der Waals surface area contributed by atoms with Gasteiger partial charge in [-0.25, -0.2) is 0 Å². The number of phenols is 2. The summed E-state index contributed by atoms with van der Waals surface area (Å²) in [4.78, 5) is 12.2. The van der Waals surface area contributed by atoms with E-state index in [-0.39, 0.29) is 28.1 Å². The fourth-order valence-electron chi connectivity index (χ4n) is 1.80. The summed E-state index contributed by atoms with van der Waals surface area (Å²) in [5, 5.41) is 21.4. The Labute approximate surface area is 110 Å². The monoisotopic (exact) mass is 266 g/mol. The number of hydrogen-bond acceptors (Lipinski definition) is 4. The van der Waals surface area contributed by atoms with E-state index in [1.807, 2.05) is 0 Å². The van der Waals surface area contributed by atoms with E-state index in [0.717, 1.165) is 18.9 Å². The van der Waals surface area contributed by atoms with E-state index >= 15 is 0 Å². The zero-order chi connectivity index (χ0) is 13.3. The van der Waals surface area contributed by atoms with Crippen molar-refractivity contribution >= 4 is 23.1 Å². The summed E-state index contributed by atoms with van der Waals surface area (Å²) in [5.74, 6) is -0.444. The summed E-state index contributed by atoms with van der Waals surface area (Å²) < 4.78 is 0. The van der Waals surface area contributed by atoms with Crippen molar-refractivity contribution in [1.29, 1.82) is 0 Å². The molecule has 1 aliphatic carbocycles. The molecule has 0 aromatic heterocycles. The first kappa shape index (κ1) is 12.6. The van der Waals surface area contributed by atoms with Crippen LogP contribution < -0.4 is 11.1 Å². The van der Waals surface area contributed by atoms with Crippen molar-refractivity contribution in [1.82, 2.24) is 5.32 Å². The lowest BCUT2D eigenvalue weighted by Crippen LogP contribution is -2.45. The van der Waals surface area contributed by atoms with Crippen LogP contribution in [-0.4, -0.2) is 27.2 Å². The summed E-state index contributed by atoms with van der Waals surface area (Å²) in [6.45, 7) is 0. The van der Waals surface area contributed by atoms with E-state index in [0.29, 0.717) is 5.92 Å². The number of thiocarbonyl (C=S) groups is 1. The molecular weight excluding hydrogens is 252 g/mol. The molecule has 5 N–H and O–H groups in total. The van der Waals surface area contributed by atoms with Gasteiger partial charge >= 0.3 is 0 Å². The molecular formula is C12H14N2O3S. The van der Waals surface area contributed by atoms with Crippen molar-refractivity contribution in [3.8, 4) is 11.5 Å². The van der Waals surface area contributed by atoms with Gasteiger partial charge in [-0.05, 0) is 30.9 Å². The second-order valence-corrected chi connectivity index (χ2v) is 4.90. The lowest BCUT2D eigenvalue weighted by Gasteiger charge is -2.16. The van der Waals surface area contributed by atoms with Crippen LogP contribution in [0, 0.1) is 5.92 Å². The minimum atomic E-state index is -0.411. The van der Waals surface area contributed by atoms with Gasteiger partial charge in [-0.15, -0.1) is 0 Å². The van der Waals surface area contributed by atoms with Gasteiger partial charge in [0.25, 0.3) is 5.91 Å². The number of phenolic OH excluding ortho intramolecular Hbond substituents is 2. The van der Waals surface area contributed by atoms with Crippen LogP contribution in [0.1, 0.15) is 23.2 Å². The number of nitrogens with one attached hydrogen (secondary N) is 1. The van der Waals surface area contributed by atoms with Crippen molar-refractivity contribution in [3.63, 3.8) is 0 Å². The van der Waals surface area contributed by atoms with Gasteiger partial charge in [0.05, 0.1) is 11.0 Å². The molecule has 1 aromatic rings. The Kier molecular flexibility index (Phi) is 3.38. The zero-order valence-electron chi connectivity index (χ0n) is 9.59. The van der Waals surface area contributed by atoms with Gasteiger partial charge in [0.2, 0.25) is 0 Å². The Morgan fingerprint density at radius 2 is 1.89 bits per heavy atom. The number of aromatic hydroxyl groups is 2. The quantitative estimate of drug-likeness (QED) is 0.607. The Hall–Kier alpha value is -1.82. The maximum absolute atomic E-state index is 11.9. The van der Waals surface area contributed by atoms with E-state index in [1.54, 1.807) is 0 Å². The number of carbonyl (C=O) groups excluding carboxylic acids is 1. The first-order valence-corrected chi connectivity index (χ1v) is 6.01. The first-order valence-electron chi connectivity index (χ1n) is 5.60. The van der Waals surface area contributed by atoms with Crippen LogP contribution in [0.4, 0.5) is 0 Å². The molecule has 96 valence electrons. The molecule has 2 rings (SSSR count). The van der Waals surface area contributed by atoms with Crippen LogP contribution in [0.5, 0.6) is 11.5 Å². The Balaban J connectivity index is 2.13. The SMILES string of the molecule is NC(=S)C(NC(=O)c1cc(O)cc(O)c1)C1CC1. The molecule has 1 aromatic carbocycles. The largest absolute Gasteiger partial charge is 0.508 e. The highest BCUT2D eigenvalue weighted by molar-refractivity contribution is 7.80. The Morgan fingerprint density at radius 3 is 2.33 bits per heavy atom. The molecule has 1 unspecified atom stereocenters. The third kappa shape index (κ3) is 2.89. The zero-order valence-corrected chi connectivity index (χ0v) is 10.4. The lowest BCUT2D eigenvalue weighted by atomic mass is 10.1. The van der Waals surface area contributed by atoms with Crippen LogP contribution >= 0.6 is 12.2 Å². The highest BCUT2D eigenvalue weighted by atomic mass is 32.1. The highest BCUT2D eigenvalue weighted by Gasteiger charge is 2.34. The molecule has 1 saturated carbocycles. The Morgan fingerprint density at radius 1 is 1.33 bits per heavy atom. The molecule has 6 heteroatoms. The molecule has 1 fully saturated rings. The van der Waals surface area contributed by atoms with Crippen LogP contribution in [0.25, 0.3) is 0 Å². The maximum atomic E-state index is 11.9. The number of carbonyl (C=O) groups is 1. The molecule has 1 amide bonds. The van der Waals surface area contributed by atoms with Crippen LogP contribution in [0.2, 0.25) is 0 Å². The highest BCUT2D eigenvalue weighted by Crippen LogP contribution is 2.33. The molecule has 0 heterocycles. The maximum Gasteiger partial charge on any atom is 0.252 e. The van der Waals surface area contributed by atoms with Crippen molar-refractivity contribution in [3.05, 3.63) is 23.8 Å². The molecule has 0 saturated heterocycles. The van der Waals surface area contributed by atoms with Gasteiger partial charge in [-0.2, -0.15) is 0 Å². The van der Waals surface area contributed by atoms with E-state index < -0.39 is 5.91 Å². The molecule has 1 aliphatic rings. The van der Waals surface area contributed by atoms with E-state index in [4.69, 9.17) is 18.0 Å². The summed E-state index contributed by atoms with van der Waals surface area (Å²) in [6.07, 6.45) is 1.99. The third-order valence-corrected chi connectivity index (χ3v) is 3.11. The topological polar surface area (TPSA) is 95.6 Å². The number of benzene rings is 1. The normalized spacial score (nSPS) is 16.0. The van der Waals surface area contributed by atoms with Crippen LogP contribution in [0.3, 0.4) is 0 Å².